The number of nitrogens with zero attached hydrogens (tertiary/aromatic N) is 1. The van der Waals surface area contributed by atoms with E-state index in [4.69, 9.17) is 15.2 Å². The molecule has 0 aliphatic carbocycles. The first kappa shape index (κ1) is 12.3. The molecule has 1 atom stereocenters. The molecule has 3 N–H and O–H groups in total. The number of rotatable bonds is 3. The maximum Gasteiger partial charge on any atom is 0.191 e. The van der Waals surface area contributed by atoms with Crippen molar-refractivity contribution in [3.63, 3.8) is 0 Å². The summed E-state index contributed by atoms with van der Waals surface area (Å²) in [4.78, 5) is 0. The SMILES string of the molecule is N/C(=N\Nc1ccccc1)C1COc2ccccc2O1. The summed E-state index contributed by atoms with van der Waals surface area (Å²) in [5.74, 6) is 1.76. The fourth-order valence-electron chi connectivity index (χ4n) is 1.88. The van der Waals surface area contributed by atoms with Gasteiger partial charge in [-0.25, -0.2) is 0 Å². The van der Waals surface area contributed by atoms with E-state index in [0.717, 1.165) is 11.4 Å². The van der Waals surface area contributed by atoms with Gasteiger partial charge in [0.25, 0.3) is 0 Å². The molecule has 2 aromatic carbocycles. The van der Waals surface area contributed by atoms with Crippen LogP contribution in [0.1, 0.15) is 0 Å². The van der Waals surface area contributed by atoms with Gasteiger partial charge in [-0.3, -0.25) is 5.43 Å². The van der Waals surface area contributed by atoms with Gasteiger partial charge < -0.3 is 15.2 Å². The number of hydrogen-bond donors (Lipinski definition) is 2. The van der Waals surface area contributed by atoms with Gasteiger partial charge in [-0.1, -0.05) is 30.3 Å². The Bertz CT molecular complexity index is 614. The van der Waals surface area contributed by atoms with Crippen LogP contribution >= 0.6 is 0 Å². The number of ether oxygens (including phenoxy) is 2. The van der Waals surface area contributed by atoms with E-state index in [1.165, 1.54) is 0 Å². The van der Waals surface area contributed by atoms with Crippen LogP contribution in [0.25, 0.3) is 0 Å². The van der Waals surface area contributed by atoms with Crippen LogP contribution in [-0.2, 0) is 0 Å². The standard InChI is InChI=1S/C15H15N3O2/c16-15(18-17-11-6-2-1-3-7-11)14-10-19-12-8-4-5-9-13(12)20-14/h1-9,14,17H,10H2,(H2,16,18). The Morgan fingerprint density at radius 2 is 1.75 bits per heavy atom. The topological polar surface area (TPSA) is 68.9 Å². The van der Waals surface area contributed by atoms with E-state index >= 15 is 0 Å². The Morgan fingerprint density at radius 1 is 1.05 bits per heavy atom. The number of para-hydroxylation sites is 3. The zero-order valence-corrected chi connectivity index (χ0v) is 10.8. The van der Waals surface area contributed by atoms with Crippen LogP contribution in [0.3, 0.4) is 0 Å². The Morgan fingerprint density at radius 3 is 2.55 bits per heavy atom. The summed E-state index contributed by atoms with van der Waals surface area (Å²) in [5.41, 5.74) is 9.70. The van der Waals surface area contributed by atoms with Gasteiger partial charge in [0.2, 0.25) is 0 Å². The van der Waals surface area contributed by atoms with Crippen LogP contribution in [0, 0.1) is 0 Å². The normalized spacial score (nSPS) is 17.6. The number of nitrogens with one attached hydrogen (secondary N) is 1. The predicted octanol–water partition coefficient (Wildman–Crippen LogP) is 2.21. The zero-order chi connectivity index (χ0) is 13.8. The second kappa shape index (κ2) is 5.52. The number of fused-ring (bicyclic) bond motifs is 1. The molecule has 1 heterocycles. The molecule has 20 heavy (non-hydrogen) atoms. The third kappa shape index (κ3) is 2.66. The highest BCUT2D eigenvalue weighted by Crippen LogP contribution is 2.30. The molecule has 0 amide bonds. The molecular formula is C15H15N3O2. The predicted molar refractivity (Wildman–Crippen MR) is 78.0 cm³/mol. The van der Waals surface area contributed by atoms with Crippen molar-refractivity contribution < 1.29 is 9.47 Å². The Labute approximate surface area is 117 Å². The first-order chi connectivity index (χ1) is 9.83. The average Bonchev–Trinajstić information content (AvgIpc) is 2.53. The first-order valence-corrected chi connectivity index (χ1v) is 6.35. The smallest absolute Gasteiger partial charge is 0.191 e. The number of amidine groups is 1. The lowest BCUT2D eigenvalue weighted by Crippen LogP contribution is -2.41. The highest BCUT2D eigenvalue weighted by molar-refractivity contribution is 5.86. The van der Waals surface area contributed by atoms with Crippen LogP contribution in [0.2, 0.25) is 0 Å². The summed E-state index contributed by atoms with van der Waals surface area (Å²) in [6.07, 6.45) is -0.388. The Hall–Kier alpha value is -2.69. The molecular weight excluding hydrogens is 254 g/mol. The van der Waals surface area contributed by atoms with Crippen LogP contribution < -0.4 is 20.6 Å². The lowest BCUT2D eigenvalue weighted by atomic mass is 10.2. The molecule has 1 unspecified atom stereocenters. The van der Waals surface area contributed by atoms with Crippen molar-refractivity contribution in [2.45, 2.75) is 6.10 Å². The Kier molecular flexibility index (Phi) is 3.41. The Balaban J connectivity index is 1.68. The number of hydrazone groups is 1. The molecule has 0 saturated carbocycles. The summed E-state index contributed by atoms with van der Waals surface area (Å²) in [5, 5.41) is 4.13. The zero-order valence-electron chi connectivity index (χ0n) is 10.8. The van der Waals surface area contributed by atoms with Gasteiger partial charge in [0, 0.05) is 0 Å². The maximum absolute atomic E-state index is 5.94. The van der Waals surface area contributed by atoms with Gasteiger partial charge in [-0.2, -0.15) is 5.10 Å². The fourth-order valence-corrected chi connectivity index (χ4v) is 1.88. The van der Waals surface area contributed by atoms with Crippen molar-refractivity contribution in [3.8, 4) is 11.5 Å². The van der Waals surface area contributed by atoms with Gasteiger partial charge in [0.1, 0.15) is 6.61 Å². The molecule has 0 radical (unpaired) electrons. The van der Waals surface area contributed by atoms with E-state index in [9.17, 15) is 0 Å². The van der Waals surface area contributed by atoms with E-state index in [2.05, 4.69) is 10.5 Å². The van der Waals surface area contributed by atoms with E-state index in [-0.39, 0.29) is 6.10 Å². The number of benzene rings is 2. The van der Waals surface area contributed by atoms with Crippen LogP contribution in [0.15, 0.2) is 59.7 Å². The van der Waals surface area contributed by atoms with Crippen molar-refractivity contribution >= 4 is 11.5 Å². The van der Waals surface area contributed by atoms with Gasteiger partial charge in [0.15, 0.2) is 23.4 Å². The maximum atomic E-state index is 5.94. The van der Waals surface area contributed by atoms with Crippen molar-refractivity contribution in [2.24, 2.45) is 10.8 Å². The van der Waals surface area contributed by atoms with Gasteiger partial charge in [-0.05, 0) is 24.3 Å². The van der Waals surface area contributed by atoms with Crippen molar-refractivity contribution in [3.05, 3.63) is 54.6 Å². The van der Waals surface area contributed by atoms with Crippen molar-refractivity contribution in [1.29, 1.82) is 0 Å². The van der Waals surface area contributed by atoms with Crippen molar-refractivity contribution in [1.82, 2.24) is 0 Å². The highest BCUT2D eigenvalue weighted by atomic mass is 16.6. The summed E-state index contributed by atoms with van der Waals surface area (Å²) in [7, 11) is 0. The summed E-state index contributed by atoms with van der Waals surface area (Å²) >= 11 is 0. The van der Waals surface area contributed by atoms with E-state index < -0.39 is 0 Å². The molecule has 0 spiro atoms. The molecule has 5 heteroatoms. The minimum Gasteiger partial charge on any atom is -0.485 e. The lowest BCUT2D eigenvalue weighted by molar-refractivity contribution is 0.134. The van der Waals surface area contributed by atoms with Crippen LogP contribution in [0.5, 0.6) is 11.5 Å². The third-order valence-corrected chi connectivity index (χ3v) is 2.93. The first-order valence-electron chi connectivity index (χ1n) is 6.35. The lowest BCUT2D eigenvalue weighted by Gasteiger charge is -2.25. The molecule has 0 aromatic heterocycles. The molecule has 1 aliphatic heterocycles. The molecule has 0 saturated heterocycles. The summed E-state index contributed by atoms with van der Waals surface area (Å²) in [6.45, 7) is 0.350. The third-order valence-electron chi connectivity index (χ3n) is 2.93. The molecule has 2 aromatic rings. The average molecular weight is 269 g/mol. The number of anilines is 1. The minimum absolute atomic E-state index is 0.350. The van der Waals surface area contributed by atoms with Crippen LogP contribution in [-0.4, -0.2) is 18.5 Å². The summed E-state index contributed by atoms with van der Waals surface area (Å²) < 4.78 is 11.4. The second-order valence-electron chi connectivity index (χ2n) is 4.38. The van der Waals surface area contributed by atoms with E-state index in [1.807, 2.05) is 54.6 Å². The van der Waals surface area contributed by atoms with Crippen LogP contribution in [0.4, 0.5) is 5.69 Å². The minimum atomic E-state index is -0.388. The van der Waals surface area contributed by atoms with Gasteiger partial charge >= 0.3 is 0 Å². The quantitative estimate of drug-likeness (QED) is 0.509. The molecule has 0 fully saturated rings. The molecule has 1 aliphatic rings. The molecule has 5 nitrogen and oxygen atoms in total. The highest BCUT2D eigenvalue weighted by Gasteiger charge is 2.23. The fraction of sp³-hybridized carbons (Fsp3) is 0.133. The molecule has 3 rings (SSSR count). The second-order valence-corrected chi connectivity index (χ2v) is 4.38. The number of hydrogen-bond acceptors (Lipinski definition) is 4. The largest absolute Gasteiger partial charge is 0.485 e. The summed E-state index contributed by atoms with van der Waals surface area (Å²) in [6, 6.07) is 17.1. The van der Waals surface area contributed by atoms with Gasteiger partial charge in [0.05, 0.1) is 5.69 Å². The number of nitrogens with two attached hydrogens (primary N) is 1. The molecule has 102 valence electrons. The molecule has 0 bridgehead atoms. The monoisotopic (exact) mass is 269 g/mol. The van der Waals surface area contributed by atoms with E-state index in [1.54, 1.807) is 0 Å². The van der Waals surface area contributed by atoms with Gasteiger partial charge in [-0.15, -0.1) is 0 Å². The van der Waals surface area contributed by atoms with Crippen molar-refractivity contribution in [2.75, 3.05) is 12.0 Å². The van der Waals surface area contributed by atoms with E-state index in [0.29, 0.717) is 18.2 Å².